The summed E-state index contributed by atoms with van der Waals surface area (Å²) in [5.41, 5.74) is 0.169. The van der Waals surface area contributed by atoms with E-state index in [-0.39, 0.29) is 5.92 Å². The van der Waals surface area contributed by atoms with Crippen molar-refractivity contribution in [3.05, 3.63) is 29.8 Å². The standard InChI is InChI=1S/C15H23NO2/c1-3-10-18-14-7-5-4-6-13(14)15(17)8-9-16-11-12(15)2/h4-7,12,16-17H,3,8-11H2,1-2H3. The van der Waals surface area contributed by atoms with Crippen LogP contribution in [0.4, 0.5) is 0 Å². The van der Waals surface area contributed by atoms with Gasteiger partial charge in [0, 0.05) is 18.0 Å². The Balaban J connectivity index is 2.30. The van der Waals surface area contributed by atoms with Gasteiger partial charge >= 0.3 is 0 Å². The van der Waals surface area contributed by atoms with Crippen LogP contribution in [0.25, 0.3) is 0 Å². The van der Waals surface area contributed by atoms with Crippen LogP contribution in [0.1, 0.15) is 32.3 Å². The summed E-state index contributed by atoms with van der Waals surface area (Å²) in [5.74, 6) is 1.02. The van der Waals surface area contributed by atoms with Crippen LogP contribution in [-0.2, 0) is 5.60 Å². The van der Waals surface area contributed by atoms with Crippen LogP contribution in [0, 0.1) is 5.92 Å². The Bertz CT molecular complexity index is 394. The molecule has 1 aromatic rings. The van der Waals surface area contributed by atoms with Gasteiger partial charge in [-0.3, -0.25) is 0 Å². The maximum atomic E-state index is 11.0. The van der Waals surface area contributed by atoms with Gasteiger partial charge in [-0.15, -0.1) is 0 Å². The molecular weight excluding hydrogens is 226 g/mol. The molecule has 0 amide bonds. The van der Waals surface area contributed by atoms with Gasteiger partial charge in [0.05, 0.1) is 12.2 Å². The highest BCUT2D eigenvalue weighted by molar-refractivity contribution is 5.39. The molecule has 0 bridgehead atoms. The fourth-order valence-corrected chi connectivity index (χ4v) is 2.58. The van der Waals surface area contributed by atoms with Crippen LogP contribution in [0.5, 0.6) is 5.75 Å². The fraction of sp³-hybridized carbons (Fsp3) is 0.600. The molecule has 0 saturated carbocycles. The van der Waals surface area contributed by atoms with E-state index in [0.717, 1.165) is 37.2 Å². The van der Waals surface area contributed by atoms with Gasteiger partial charge in [-0.05, 0) is 25.5 Å². The maximum absolute atomic E-state index is 11.0. The molecule has 2 rings (SSSR count). The first-order valence-electron chi connectivity index (χ1n) is 6.84. The summed E-state index contributed by atoms with van der Waals surface area (Å²) in [6, 6.07) is 7.88. The van der Waals surface area contributed by atoms with E-state index in [4.69, 9.17) is 4.74 Å². The quantitative estimate of drug-likeness (QED) is 0.860. The minimum atomic E-state index is -0.768. The molecule has 1 heterocycles. The van der Waals surface area contributed by atoms with E-state index in [0.29, 0.717) is 6.61 Å². The molecule has 18 heavy (non-hydrogen) atoms. The van der Waals surface area contributed by atoms with Gasteiger partial charge in [-0.1, -0.05) is 32.0 Å². The molecule has 0 radical (unpaired) electrons. The number of ether oxygens (including phenoxy) is 1. The zero-order valence-corrected chi connectivity index (χ0v) is 11.3. The van der Waals surface area contributed by atoms with Gasteiger partial charge in [0.15, 0.2) is 0 Å². The molecule has 1 aliphatic rings. The number of hydrogen-bond donors (Lipinski definition) is 2. The van der Waals surface area contributed by atoms with Crippen molar-refractivity contribution >= 4 is 0 Å². The lowest BCUT2D eigenvalue weighted by molar-refractivity contribution is -0.0411. The molecule has 1 aromatic carbocycles. The van der Waals surface area contributed by atoms with Gasteiger partial charge in [0.2, 0.25) is 0 Å². The highest BCUT2D eigenvalue weighted by atomic mass is 16.5. The molecule has 2 unspecified atom stereocenters. The van der Waals surface area contributed by atoms with Crippen molar-refractivity contribution in [2.75, 3.05) is 19.7 Å². The van der Waals surface area contributed by atoms with Crippen LogP contribution in [0.15, 0.2) is 24.3 Å². The summed E-state index contributed by atoms with van der Waals surface area (Å²) >= 11 is 0. The lowest BCUT2D eigenvalue weighted by Gasteiger charge is -2.39. The first kappa shape index (κ1) is 13.4. The number of para-hydroxylation sites is 1. The summed E-state index contributed by atoms with van der Waals surface area (Å²) in [6.07, 6.45) is 1.71. The average Bonchev–Trinajstić information content (AvgIpc) is 2.40. The van der Waals surface area contributed by atoms with E-state index in [1.165, 1.54) is 0 Å². The number of benzene rings is 1. The molecule has 100 valence electrons. The minimum Gasteiger partial charge on any atom is -0.493 e. The van der Waals surface area contributed by atoms with E-state index in [1.807, 2.05) is 24.3 Å². The lowest BCUT2D eigenvalue weighted by Crippen LogP contribution is -2.47. The third-order valence-corrected chi connectivity index (χ3v) is 3.76. The molecule has 2 N–H and O–H groups in total. The Morgan fingerprint density at radius 1 is 1.44 bits per heavy atom. The highest BCUT2D eigenvalue weighted by Crippen LogP contribution is 2.39. The number of aliphatic hydroxyl groups is 1. The number of hydrogen-bond acceptors (Lipinski definition) is 3. The molecule has 3 heteroatoms. The predicted molar refractivity (Wildman–Crippen MR) is 72.8 cm³/mol. The highest BCUT2D eigenvalue weighted by Gasteiger charge is 2.39. The minimum absolute atomic E-state index is 0.192. The largest absolute Gasteiger partial charge is 0.493 e. The molecular formula is C15H23NO2. The predicted octanol–water partition coefficient (Wildman–Crippen LogP) is 2.29. The molecule has 0 spiro atoms. The first-order chi connectivity index (χ1) is 8.68. The van der Waals surface area contributed by atoms with Gasteiger partial charge in [-0.25, -0.2) is 0 Å². The van der Waals surface area contributed by atoms with Gasteiger partial charge in [-0.2, -0.15) is 0 Å². The number of nitrogens with one attached hydrogen (secondary N) is 1. The van der Waals surface area contributed by atoms with E-state index in [9.17, 15) is 5.11 Å². The Labute approximate surface area is 109 Å². The summed E-state index contributed by atoms with van der Waals surface area (Å²) in [7, 11) is 0. The van der Waals surface area contributed by atoms with E-state index in [2.05, 4.69) is 19.2 Å². The second-order valence-electron chi connectivity index (χ2n) is 5.12. The third-order valence-electron chi connectivity index (χ3n) is 3.76. The average molecular weight is 249 g/mol. The van der Waals surface area contributed by atoms with Crippen LogP contribution in [-0.4, -0.2) is 24.8 Å². The van der Waals surface area contributed by atoms with Crippen molar-refractivity contribution in [1.82, 2.24) is 5.32 Å². The fourth-order valence-electron chi connectivity index (χ4n) is 2.58. The van der Waals surface area contributed by atoms with Crippen molar-refractivity contribution < 1.29 is 9.84 Å². The Hall–Kier alpha value is -1.06. The van der Waals surface area contributed by atoms with Gasteiger partial charge < -0.3 is 15.2 Å². The van der Waals surface area contributed by atoms with Crippen molar-refractivity contribution in [2.45, 2.75) is 32.3 Å². The maximum Gasteiger partial charge on any atom is 0.125 e. The van der Waals surface area contributed by atoms with Crippen LogP contribution in [0.2, 0.25) is 0 Å². The smallest absolute Gasteiger partial charge is 0.125 e. The van der Waals surface area contributed by atoms with Crippen LogP contribution >= 0.6 is 0 Å². The molecule has 0 aliphatic carbocycles. The molecule has 0 aromatic heterocycles. The molecule has 3 nitrogen and oxygen atoms in total. The Kier molecular flexibility index (Phi) is 4.25. The molecule has 1 saturated heterocycles. The molecule has 1 aliphatic heterocycles. The first-order valence-corrected chi connectivity index (χ1v) is 6.84. The third kappa shape index (κ3) is 2.52. The second kappa shape index (κ2) is 5.72. The van der Waals surface area contributed by atoms with E-state index >= 15 is 0 Å². The van der Waals surface area contributed by atoms with E-state index < -0.39 is 5.60 Å². The summed E-state index contributed by atoms with van der Waals surface area (Å²) < 4.78 is 5.77. The Morgan fingerprint density at radius 2 is 2.22 bits per heavy atom. The van der Waals surface area contributed by atoms with Crippen molar-refractivity contribution in [3.63, 3.8) is 0 Å². The Morgan fingerprint density at radius 3 is 2.94 bits per heavy atom. The van der Waals surface area contributed by atoms with Crippen molar-refractivity contribution in [1.29, 1.82) is 0 Å². The normalized spacial score (nSPS) is 28.1. The van der Waals surface area contributed by atoms with Crippen LogP contribution in [0.3, 0.4) is 0 Å². The molecule has 1 fully saturated rings. The number of rotatable bonds is 4. The summed E-state index contributed by atoms with van der Waals surface area (Å²) in [4.78, 5) is 0. The monoisotopic (exact) mass is 249 g/mol. The number of piperidine rings is 1. The van der Waals surface area contributed by atoms with Crippen molar-refractivity contribution in [2.24, 2.45) is 5.92 Å². The summed E-state index contributed by atoms with van der Waals surface area (Å²) in [6.45, 7) is 6.56. The van der Waals surface area contributed by atoms with E-state index in [1.54, 1.807) is 0 Å². The SMILES string of the molecule is CCCOc1ccccc1C1(O)CCNCC1C. The van der Waals surface area contributed by atoms with Crippen molar-refractivity contribution in [3.8, 4) is 5.75 Å². The van der Waals surface area contributed by atoms with Crippen LogP contribution < -0.4 is 10.1 Å². The lowest BCUT2D eigenvalue weighted by atomic mass is 9.77. The van der Waals surface area contributed by atoms with Gasteiger partial charge in [0.1, 0.15) is 5.75 Å². The topological polar surface area (TPSA) is 41.5 Å². The molecule has 2 atom stereocenters. The summed E-state index contributed by atoms with van der Waals surface area (Å²) in [5, 5.41) is 14.3. The second-order valence-corrected chi connectivity index (χ2v) is 5.12. The zero-order valence-electron chi connectivity index (χ0n) is 11.3. The van der Waals surface area contributed by atoms with Gasteiger partial charge in [0.25, 0.3) is 0 Å². The zero-order chi connectivity index (χ0) is 13.0.